The highest BCUT2D eigenvalue weighted by molar-refractivity contribution is 6.04. The number of pyridine rings is 1. The number of rotatable bonds is 7. The van der Waals surface area contributed by atoms with Crippen molar-refractivity contribution >= 4 is 17.5 Å². The predicted molar refractivity (Wildman–Crippen MR) is 144 cm³/mol. The molecule has 0 radical (unpaired) electrons. The molecule has 3 aromatic carbocycles. The summed E-state index contributed by atoms with van der Waals surface area (Å²) in [5, 5.41) is 5.88. The van der Waals surface area contributed by atoms with Crippen molar-refractivity contribution in [3.05, 3.63) is 109 Å². The molecule has 5 aromatic rings. The second-order valence-corrected chi connectivity index (χ2v) is 8.22. The van der Waals surface area contributed by atoms with E-state index in [4.69, 9.17) is 4.74 Å². The van der Waals surface area contributed by atoms with Crippen LogP contribution in [0.1, 0.15) is 15.9 Å². The maximum absolute atomic E-state index is 13.1. The van der Waals surface area contributed by atoms with Gasteiger partial charge in [0.1, 0.15) is 12.1 Å². The summed E-state index contributed by atoms with van der Waals surface area (Å²) in [7, 11) is 1.73. The van der Waals surface area contributed by atoms with Crippen molar-refractivity contribution in [1.82, 2.24) is 19.9 Å². The molecule has 2 heterocycles. The van der Waals surface area contributed by atoms with E-state index in [2.05, 4.69) is 30.6 Å². The molecule has 8 heteroatoms. The van der Waals surface area contributed by atoms with Crippen LogP contribution in [-0.2, 0) is 0 Å². The van der Waals surface area contributed by atoms with Gasteiger partial charge in [0, 0.05) is 24.5 Å². The zero-order chi connectivity index (χ0) is 25.6. The lowest BCUT2D eigenvalue weighted by Crippen LogP contribution is -2.12. The Morgan fingerprint density at radius 1 is 0.838 bits per heavy atom. The molecule has 0 fully saturated rings. The van der Waals surface area contributed by atoms with E-state index < -0.39 is 0 Å². The highest BCUT2D eigenvalue weighted by Gasteiger charge is 2.15. The minimum Gasteiger partial charge on any atom is -0.438 e. The molecule has 8 nitrogen and oxygen atoms in total. The van der Waals surface area contributed by atoms with Crippen molar-refractivity contribution in [2.75, 3.05) is 17.7 Å². The van der Waals surface area contributed by atoms with Gasteiger partial charge in [-0.15, -0.1) is 0 Å². The summed E-state index contributed by atoms with van der Waals surface area (Å²) in [5.41, 5.74) is 4.72. The van der Waals surface area contributed by atoms with Crippen LogP contribution in [0.5, 0.6) is 11.6 Å². The van der Waals surface area contributed by atoms with Crippen LogP contribution in [0.2, 0.25) is 0 Å². The molecule has 5 rings (SSSR count). The Hall–Kier alpha value is -5.11. The Bertz CT molecular complexity index is 1560. The minimum absolute atomic E-state index is 0.243. The first kappa shape index (κ1) is 23.6. The summed E-state index contributed by atoms with van der Waals surface area (Å²) in [6, 6.07) is 26.7. The molecule has 2 N–H and O–H groups in total. The highest BCUT2D eigenvalue weighted by Crippen LogP contribution is 2.32. The van der Waals surface area contributed by atoms with Gasteiger partial charge in [0.15, 0.2) is 5.82 Å². The molecule has 0 aliphatic rings. The molecule has 0 bridgehead atoms. The maximum atomic E-state index is 13.1. The smallest absolute Gasteiger partial charge is 0.255 e. The number of hydrogen-bond acceptors (Lipinski definition) is 7. The lowest BCUT2D eigenvalue weighted by atomic mass is 10.1. The fourth-order valence-electron chi connectivity index (χ4n) is 3.75. The van der Waals surface area contributed by atoms with Crippen molar-refractivity contribution in [1.29, 1.82) is 0 Å². The monoisotopic (exact) mass is 488 g/mol. The van der Waals surface area contributed by atoms with Crippen LogP contribution in [0, 0.1) is 6.92 Å². The number of ether oxygens (including phenoxy) is 1. The zero-order valence-corrected chi connectivity index (χ0v) is 20.3. The standard InChI is InChI=1S/C29H24N6O2/c1-19-13-14-22(27(36)34-23-11-6-10-21(16-23)20-8-4-3-5-9-20)17-25(19)37-28-24(12-7-15-31-28)26-32-18-33-29(30-2)35-26/h3-18H,1-2H3,(H,34,36)(H,30,32,33,35). The number of nitrogens with zero attached hydrogens (tertiary/aromatic N) is 4. The summed E-state index contributed by atoms with van der Waals surface area (Å²) < 4.78 is 6.17. The van der Waals surface area contributed by atoms with Gasteiger partial charge in [-0.2, -0.15) is 4.98 Å². The van der Waals surface area contributed by atoms with E-state index in [1.165, 1.54) is 6.33 Å². The molecule has 0 saturated carbocycles. The van der Waals surface area contributed by atoms with Gasteiger partial charge in [-0.25, -0.2) is 15.0 Å². The van der Waals surface area contributed by atoms with Gasteiger partial charge >= 0.3 is 0 Å². The number of aromatic nitrogens is 4. The van der Waals surface area contributed by atoms with E-state index in [9.17, 15) is 4.79 Å². The molecule has 0 unspecified atom stereocenters. The number of carbonyl (C=O) groups is 1. The quantitative estimate of drug-likeness (QED) is 0.290. The van der Waals surface area contributed by atoms with Gasteiger partial charge in [0.05, 0.1) is 5.56 Å². The topological polar surface area (TPSA) is 102 Å². The Morgan fingerprint density at radius 2 is 1.68 bits per heavy atom. The Morgan fingerprint density at radius 3 is 2.51 bits per heavy atom. The van der Waals surface area contributed by atoms with Crippen molar-refractivity contribution in [3.8, 4) is 34.1 Å². The molecule has 0 aliphatic carbocycles. The van der Waals surface area contributed by atoms with Crippen molar-refractivity contribution in [2.45, 2.75) is 6.92 Å². The van der Waals surface area contributed by atoms with Crippen molar-refractivity contribution < 1.29 is 9.53 Å². The third-order valence-corrected chi connectivity index (χ3v) is 5.69. The molecule has 2 aromatic heterocycles. The van der Waals surface area contributed by atoms with Crippen molar-refractivity contribution in [3.63, 3.8) is 0 Å². The number of benzene rings is 3. The van der Waals surface area contributed by atoms with E-state index in [-0.39, 0.29) is 5.91 Å². The molecule has 1 amide bonds. The number of anilines is 2. The molecule has 0 atom stereocenters. The first-order chi connectivity index (χ1) is 18.1. The minimum atomic E-state index is -0.243. The number of aryl methyl sites for hydroxylation is 1. The first-order valence-electron chi connectivity index (χ1n) is 11.7. The molecule has 0 spiro atoms. The summed E-state index contributed by atoms with van der Waals surface area (Å²) in [5.74, 6) is 1.45. The lowest BCUT2D eigenvalue weighted by molar-refractivity contribution is 0.102. The Kier molecular flexibility index (Phi) is 6.80. The van der Waals surface area contributed by atoms with Crippen LogP contribution >= 0.6 is 0 Å². The van der Waals surface area contributed by atoms with E-state index >= 15 is 0 Å². The molecule has 0 saturated heterocycles. The van der Waals surface area contributed by atoms with Gasteiger partial charge in [0.2, 0.25) is 11.8 Å². The predicted octanol–water partition coefficient (Wildman–Crippen LogP) is 6.00. The summed E-state index contributed by atoms with van der Waals surface area (Å²) in [4.78, 5) is 30.2. The average Bonchev–Trinajstić information content (AvgIpc) is 2.95. The first-order valence-corrected chi connectivity index (χ1v) is 11.7. The number of amides is 1. The number of nitrogens with one attached hydrogen (secondary N) is 2. The highest BCUT2D eigenvalue weighted by atomic mass is 16.5. The van der Waals surface area contributed by atoms with Gasteiger partial charge in [-0.1, -0.05) is 48.5 Å². The van der Waals surface area contributed by atoms with Gasteiger partial charge in [-0.05, 0) is 60.0 Å². The van der Waals surface area contributed by atoms with E-state index in [1.807, 2.05) is 73.7 Å². The summed E-state index contributed by atoms with van der Waals surface area (Å²) in [6.07, 6.45) is 3.05. The van der Waals surface area contributed by atoms with E-state index in [0.717, 1.165) is 16.7 Å². The van der Waals surface area contributed by atoms with Crippen LogP contribution in [0.4, 0.5) is 11.6 Å². The maximum Gasteiger partial charge on any atom is 0.255 e. The third-order valence-electron chi connectivity index (χ3n) is 5.69. The summed E-state index contributed by atoms with van der Waals surface area (Å²) in [6.45, 7) is 1.91. The lowest BCUT2D eigenvalue weighted by Gasteiger charge is -2.13. The van der Waals surface area contributed by atoms with E-state index in [1.54, 1.807) is 31.4 Å². The molecule has 37 heavy (non-hydrogen) atoms. The second-order valence-electron chi connectivity index (χ2n) is 8.22. The van der Waals surface area contributed by atoms with Crippen LogP contribution < -0.4 is 15.4 Å². The van der Waals surface area contributed by atoms with Crippen LogP contribution in [0.25, 0.3) is 22.5 Å². The second kappa shape index (κ2) is 10.7. The molecule has 182 valence electrons. The third kappa shape index (κ3) is 5.43. The normalized spacial score (nSPS) is 10.5. The van der Waals surface area contributed by atoms with Gasteiger partial charge < -0.3 is 15.4 Å². The SMILES string of the molecule is CNc1ncnc(-c2cccnc2Oc2cc(C(=O)Nc3cccc(-c4ccccc4)c3)ccc2C)n1. The van der Waals surface area contributed by atoms with E-state index in [0.29, 0.717) is 40.2 Å². The Balaban J connectivity index is 1.39. The van der Waals surface area contributed by atoms with Crippen molar-refractivity contribution in [2.24, 2.45) is 0 Å². The zero-order valence-electron chi connectivity index (χ0n) is 20.3. The number of carbonyl (C=O) groups excluding carboxylic acids is 1. The molecule has 0 aliphatic heterocycles. The molecular weight excluding hydrogens is 464 g/mol. The fourth-order valence-corrected chi connectivity index (χ4v) is 3.75. The van der Waals surface area contributed by atoms with Gasteiger partial charge in [-0.3, -0.25) is 4.79 Å². The summed E-state index contributed by atoms with van der Waals surface area (Å²) >= 11 is 0. The van der Waals surface area contributed by atoms with Crippen LogP contribution in [0.3, 0.4) is 0 Å². The van der Waals surface area contributed by atoms with Gasteiger partial charge in [0.25, 0.3) is 5.91 Å². The fraction of sp³-hybridized carbons (Fsp3) is 0.0690. The largest absolute Gasteiger partial charge is 0.438 e. The van der Waals surface area contributed by atoms with Crippen LogP contribution in [0.15, 0.2) is 97.5 Å². The molecular formula is C29H24N6O2. The Labute approximate surface area is 214 Å². The average molecular weight is 489 g/mol. The van der Waals surface area contributed by atoms with Crippen LogP contribution in [-0.4, -0.2) is 32.9 Å². The number of hydrogen-bond donors (Lipinski definition) is 2.